The van der Waals surface area contributed by atoms with Crippen LogP contribution in [0.3, 0.4) is 0 Å². The first-order valence-corrected chi connectivity index (χ1v) is 6.87. The molecule has 4 N–H and O–H groups in total. The first-order valence-electron chi connectivity index (χ1n) is 6.87. The number of aliphatic hydroxyl groups is 2. The van der Waals surface area contributed by atoms with Crippen LogP contribution >= 0.6 is 0 Å². The van der Waals surface area contributed by atoms with Crippen LogP contribution < -0.4 is 10.6 Å². The molecule has 1 rings (SSSR count). The SMILES string of the molecule is CCC(CO)(CO)Nc1cc(NC)nc(C(C)(C)C)n1. The summed E-state index contributed by atoms with van der Waals surface area (Å²) in [6.45, 7) is 7.70. The van der Waals surface area contributed by atoms with Crippen molar-refractivity contribution in [1.82, 2.24) is 9.97 Å². The summed E-state index contributed by atoms with van der Waals surface area (Å²) in [4.78, 5) is 8.94. The Morgan fingerprint density at radius 1 is 1.10 bits per heavy atom. The fourth-order valence-corrected chi connectivity index (χ4v) is 1.69. The van der Waals surface area contributed by atoms with Gasteiger partial charge in [0.2, 0.25) is 0 Å². The Kier molecular flexibility index (Phi) is 5.30. The molecule has 0 amide bonds. The molecule has 0 bridgehead atoms. The molecule has 0 aliphatic carbocycles. The summed E-state index contributed by atoms with van der Waals surface area (Å²) in [7, 11) is 1.80. The second kappa shape index (κ2) is 6.37. The molecule has 0 spiro atoms. The fourth-order valence-electron chi connectivity index (χ4n) is 1.69. The van der Waals surface area contributed by atoms with Crippen LogP contribution in [0.4, 0.5) is 11.6 Å². The molecule has 0 fully saturated rings. The molecule has 0 aromatic carbocycles. The highest BCUT2D eigenvalue weighted by atomic mass is 16.3. The molecule has 0 radical (unpaired) electrons. The van der Waals surface area contributed by atoms with Gasteiger partial charge in [-0.3, -0.25) is 0 Å². The largest absolute Gasteiger partial charge is 0.394 e. The minimum atomic E-state index is -0.769. The third-order valence-electron chi connectivity index (χ3n) is 3.33. The summed E-state index contributed by atoms with van der Waals surface area (Å²) < 4.78 is 0. The smallest absolute Gasteiger partial charge is 0.138 e. The lowest BCUT2D eigenvalue weighted by Crippen LogP contribution is -2.45. The molecule has 0 unspecified atom stereocenters. The number of anilines is 2. The van der Waals surface area contributed by atoms with Gasteiger partial charge in [0, 0.05) is 18.5 Å². The predicted octanol–water partition coefficient (Wildman–Crippen LogP) is 1.36. The van der Waals surface area contributed by atoms with Crippen molar-refractivity contribution in [3.8, 4) is 0 Å². The minimum absolute atomic E-state index is 0.163. The molecular weight excluding hydrogens is 256 g/mol. The van der Waals surface area contributed by atoms with Crippen molar-refractivity contribution in [2.75, 3.05) is 30.9 Å². The van der Waals surface area contributed by atoms with Gasteiger partial charge in [-0.1, -0.05) is 27.7 Å². The van der Waals surface area contributed by atoms with Gasteiger partial charge >= 0.3 is 0 Å². The van der Waals surface area contributed by atoms with Gasteiger partial charge in [-0.15, -0.1) is 0 Å². The van der Waals surface area contributed by atoms with E-state index in [9.17, 15) is 10.2 Å². The van der Waals surface area contributed by atoms with Gasteiger partial charge in [-0.2, -0.15) is 0 Å². The topological polar surface area (TPSA) is 90.3 Å². The van der Waals surface area contributed by atoms with E-state index in [0.717, 1.165) is 0 Å². The zero-order valence-corrected chi connectivity index (χ0v) is 13.0. The van der Waals surface area contributed by atoms with Crippen LogP contribution in [-0.4, -0.2) is 46.0 Å². The molecular formula is C14H26N4O2. The van der Waals surface area contributed by atoms with Gasteiger partial charge < -0.3 is 20.8 Å². The average Bonchev–Trinajstić information content (AvgIpc) is 2.43. The van der Waals surface area contributed by atoms with Crippen molar-refractivity contribution in [3.05, 3.63) is 11.9 Å². The number of aliphatic hydroxyl groups excluding tert-OH is 2. The molecule has 6 nitrogen and oxygen atoms in total. The Balaban J connectivity index is 3.18. The number of nitrogens with zero attached hydrogens (tertiary/aromatic N) is 2. The number of aromatic nitrogens is 2. The van der Waals surface area contributed by atoms with E-state index in [1.165, 1.54) is 0 Å². The Bertz CT molecular complexity index is 431. The maximum absolute atomic E-state index is 9.51. The lowest BCUT2D eigenvalue weighted by atomic mass is 9.95. The zero-order valence-electron chi connectivity index (χ0n) is 13.0. The van der Waals surface area contributed by atoms with Crippen molar-refractivity contribution in [3.63, 3.8) is 0 Å². The van der Waals surface area contributed by atoms with Gasteiger partial charge in [-0.25, -0.2) is 9.97 Å². The highest BCUT2D eigenvalue weighted by Gasteiger charge is 2.28. The molecule has 6 heteroatoms. The van der Waals surface area contributed by atoms with Crippen molar-refractivity contribution < 1.29 is 10.2 Å². The van der Waals surface area contributed by atoms with E-state index in [1.54, 1.807) is 13.1 Å². The Morgan fingerprint density at radius 2 is 1.65 bits per heavy atom. The van der Waals surface area contributed by atoms with Crippen LogP contribution in [0.1, 0.15) is 39.9 Å². The second-order valence-corrected chi connectivity index (χ2v) is 6.04. The van der Waals surface area contributed by atoms with Crippen LogP contribution in [0.2, 0.25) is 0 Å². The summed E-state index contributed by atoms with van der Waals surface area (Å²) in [6.07, 6.45) is 0.587. The van der Waals surface area contributed by atoms with Crippen LogP contribution in [0, 0.1) is 0 Å². The van der Waals surface area contributed by atoms with E-state index in [1.807, 2.05) is 27.7 Å². The number of rotatable bonds is 6. The van der Waals surface area contributed by atoms with Crippen molar-refractivity contribution in [2.45, 2.75) is 45.1 Å². The molecule has 0 saturated heterocycles. The minimum Gasteiger partial charge on any atom is -0.394 e. The monoisotopic (exact) mass is 282 g/mol. The molecule has 1 aromatic rings. The molecule has 20 heavy (non-hydrogen) atoms. The Morgan fingerprint density at radius 3 is 2.05 bits per heavy atom. The van der Waals surface area contributed by atoms with E-state index < -0.39 is 5.54 Å². The average molecular weight is 282 g/mol. The quantitative estimate of drug-likeness (QED) is 0.630. The van der Waals surface area contributed by atoms with E-state index in [2.05, 4.69) is 20.6 Å². The summed E-state index contributed by atoms with van der Waals surface area (Å²) >= 11 is 0. The van der Waals surface area contributed by atoms with Gasteiger partial charge in [0.25, 0.3) is 0 Å². The van der Waals surface area contributed by atoms with Crippen LogP contribution in [0.25, 0.3) is 0 Å². The lowest BCUT2D eigenvalue weighted by molar-refractivity contribution is 0.132. The Hall–Kier alpha value is -1.40. The van der Waals surface area contributed by atoms with Gasteiger partial charge in [0.15, 0.2) is 0 Å². The third kappa shape index (κ3) is 3.80. The standard InChI is InChI=1S/C14H26N4O2/c1-6-14(8-19,9-20)18-11-7-10(15-5)16-12(17-11)13(2,3)4/h7,19-20H,6,8-9H2,1-5H3,(H2,15,16,17,18). The molecule has 1 heterocycles. The number of nitrogens with one attached hydrogen (secondary N) is 2. The Labute approximate surface area is 120 Å². The molecule has 0 aliphatic rings. The molecule has 0 saturated carbocycles. The van der Waals surface area contributed by atoms with Gasteiger partial charge in [0.05, 0.1) is 18.8 Å². The van der Waals surface area contributed by atoms with E-state index in [4.69, 9.17) is 0 Å². The van der Waals surface area contributed by atoms with E-state index >= 15 is 0 Å². The van der Waals surface area contributed by atoms with Crippen molar-refractivity contribution in [1.29, 1.82) is 0 Å². The first kappa shape index (κ1) is 16.7. The highest BCUT2D eigenvalue weighted by Crippen LogP contribution is 2.24. The highest BCUT2D eigenvalue weighted by molar-refractivity contribution is 5.49. The maximum atomic E-state index is 9.51. The van der Waals surface area contributed by atoms with Gasteiger partial charge in [0.1, 0.15) is 17.5 Å². The van der Waals surface area contributed by atoms with Crippen LogP contribution in [0.15, 0.2) is 6.07 Å². The molecule has 114 valence electrons. The first-order chi connectivity index (χ1) is 9.30. The predicted molar refractivity (Wildman–Crippen MR) is 81.1 cm³/mol. The molecule has 0 aliphatic heterocycles. The lowest BCUT2D eigenvalue weighted by Gasteiger charge is -2.31. The second-order valence-electron chi connectivity index (χ2n) is 6.04. The summed E-state index contributed by atoms with van der Waals surface area (Å²) in [5.74, 6) is 2.00. The fraction of sp³-hybridized carbons (Fsp3) is 0.714. The number of hydrogen-bond acceptors (Lipinski definition) is 6. The van der Waals surface area contributed by atoms with Crippen molar-refractivity contribution in [2.24, 2.45) is 0 Å². The normalized spacial score (nSPS) is 12.3. The third-order valence-corrected chi connectivity index (χ3v) is 3.33. The van der Waals surface area contributed by atoms with E-state index in [0.29, 0.717) is 23.9 Å². The van der Waals surface area contributed by atoms with Crippen LogP contribution in [0.5, 0.6) is 0 Å². The van der Waals surface area contributed by atoms with E-state index in [-0.39, 0.29) is 18.6 Å². The van der Waals surface area contributed by atoms with Crippen molar-refractivity contribution >= 4 is 11.6 Å². The number of hydrogen-bond donors (Lipinski definition) is 4. The van der Waals surface area contributed by atoms with Crippen LogP contribution in [-0.2, 0) is 5.41 Å². The summed E-state index contributed by atoms with van der Waals surface area (Å²) in [6, 6.07) is 1.77. The summed E-state index contributed by atoms with van der Waals surface area (Å²) in [5, 5.41) is 25.2. The maximum Gasteiger partial charge on any atom is 0.138 e. The van der Waals surface area contributed by atoms with Gasteiger partial charge in [-0.05, 0) is 6.42 Å². The summed E-state index contributed by atoms with van der Waals surface area (Å²) in [5.41, 5.74) is -0.953. The zero-order chi connectivity index (χ0) is 15.4. The molecule has 1 aromatic heterocycles. The molecule has 0 atom stereocenters.